The van der Waals surface area contributed by atoms with Gasteiger partial charge in [-0.3, -0.25) is 0 Å². The molecule has 0 atom stereocenters. The quantitative estimate of drug-likeness (QED) is 0.228. The monoisotopic (exact) mass is 89.0 g/mol. The maximum atomic E-state index is 0. The van der Waals surface area contributed by atoms with Crippen molar-refractivity contribution >= 4 is 23.1 Å². The molecule has 0 aliphatic heterocycles. The van der Waals surface area contributed by atoms with Gasteiger partial charge < -0.3 is 19.8 Å². The Morgan fingerprint density at radius 2 is 1.00 bits per heavy atom. The van der Waals surface area contributed by atoms with E-state index >= 15 is 0 Å². The zero-order valence-electron chi connectivity index (χ0n) is 3.09. The van der Waals surface area contributed by atoms with Crippen molar-refractivity contribution in [1.29, 1.82) is 0 Å². The molecule has 0 N–H and O–H groups in total. The van der Waals surface area contributed by atoms with Crippen molar-refractivity contribution in [1.82, 2.24) is 0 Å². The zero-order valence-corrected chi connectivity index (χ0v) is 5.26. The van der Waals surface area contributed by atoms with E-state index in [2.05, 4.69) is 0 Å². The third kappa shape index (κ3) is 12.7. The Morgan fingerprint density at radius 1 is 1.00 bits per heavy atom. The second-order valence-corrected chi connectivity index (χ2v) is 0. The fourth-order valence-corrected chi connectivity index (χ4v) is 0. The summed E-state index contributed by atoms with van der Waals surface area (Å²) in [5.74, 6) is 0. The average molecular weight is 89.8 g/mol. The SMILES string of the molecule is [CH3+].[CH3-].[Cl-].[Mg+2]. The van der Waals surface area contributed by atoms with E-state index in [1.807, 2.05) is 0 Å². The van der Waals surface area contributed by atoms with Crippen molar-refractivity contribution in [2.24, 2.45) is 0 Å². The first-order chi connectivity index (χ1) is 0. The molecule has 0 unspecified atom stereocenters. The molecule has 0 saturated carbocycles. The first kappa shape index (κ1) is 88.5. The molecule has 0 amide bonds. The summed E-state index contributed by atoms with van der Waals surface area (Å²) in [7, 11) is 0. The van der Waals surface area contributed by atoms with Crippen molar-refractivity contribution in [3.8, 4) is 0 Å². The molecular weight excluding hydrogens is 83.8 g/mol. The third-order valence-corrected chi connectivity index (χ3v) is 0. The summed E-state index contributed by atoms with van der Waals surface area (Å²) < 4.78 is 0. The number of hydrogen-bond acceptors (Lipinski definition) is 0. The van der Waals surface area contributed by atoms with Gasteiger partial charge in [0.2, 0.25) is 0 Å². The Bertz CT molecular complexity index is 6.00. The van der Waals surface area contributed by atoms with Crippen LogP contribution in [0.4, 0.5) is 0 Å². The van der Waals surface area contributed by atoms with E-state index in [0.29, 0.717) is 0 Å². The van der Waals surface area contributed by atoms with Gasteiger partial charge in [-0.15, -0.1) is 0 Å². The normalized spacial score (nSPS) is 0. The fraction of sp³-hybridized carbons (Fsp3) is 0. The van der Waals surface area contributed by atoms with Crippen molar-refractivity contribution in [3.05, 3.63) is 14.9 Å². The summed E-state index contributed by atoms with van der Waals surface area (Å²) in [5.41, 5.74) is 0. The van der Waals surface area contributed by atoms with Crippen LogP contribution >= 0.6 is 0 Å². The topological polar surface area (TPSA) is 0 Å². The summed E-state index contributed by atoms with van der Waals surface area (Å²) in [6.45, 7) is 0. The van der Waals surface area contributed by atoms with Crippen LogP contribution in [0.25, 0.3) is 0 Å². The van der Waals surface area contributed by atoms with Crippen LogP contribution in [0.2, 0.25) is 0 Å². The van der Waals surface area contributed by atoms with Gasteiger partial charge >= 0.3 is 23.1 Å². The average Bonchev–Trinajstić information content (AvgIpc) is 0. The number of hydrogen-bond donors (Lipinski definition) is 0. The predicted molar refractivity (Wildman–Crippen MR) is 18.6 cm³/mol. The van der Waals surface area contributed by atoms with Gasteiger partial charge in [0.05, 0.1) is 0 Å². The van der Waals surface area contributed by atoms with E-state index in [-0.39, 0.29) is 50.3 Å². The molecule has 0 aromatic carbocycles. The molecule has 0 bridgehead atoms. The van der Waals surface area contributed by atoms with Crippen LogP contribution in [-0.4, -0.2) is 23.1 Å². The van der Waals surface area contributed by atoms with Gasteiger partial charge in [-0.2, -0.15) is 0 Å². The first-order valence-electron chi connectivity index (χ1n) is 0. The van der Waals surface area contributed by atoms with E-state index in [1.54, 1.807) is 0 Å². The standard InChI is InChI=1S/2CH3.ClH.Mg/h2*1H3;1H;/q-1;+1;;+2/p-1. The molecule has 0 aromatic rings. The molecule has 0 nitrogen and oxygen atoms in total. The van der Waals surface area contributed by atoms with Crippen LogP contribution in [-0.2, 0) is 0 Å². The van der Waals surface area contributed by atoms with Crippen molar-refractivity contribution in [2.75, 3.05) is 0 Å². The van der Waals surface area contributed by atoms with Gasteiger partial charge in [0.1, 0.15) is 0 Å². The second kappa shape index (κ2) is 39.2. The molecule has 0 saturated heterocycles. The minimum atomic E-state index is 0. The molecule has 22 valence electrons. The van der Waals surface area contributed by atoms with Crippen LogP contribution in [0.1, 0.15) is 0 Å². The molecule has 0 spiro atoms. The Labute approximate surface area is 50.5 Å². The van der Waals surface area contributed by atoms with Crippen molar-refractivity contribution < 1.29 is 12.4 Å². The largest absolute Gasteiger partial charge is 2.00 e. The fourth-order valence-electron chi connectivity index (χ4n) is 0. The van der Waals surface area contributed by atoms with Crippen molar-refractivity contribution in [2.45, 2.75) is 0 Å². The molecule has 0 aromatic heterocycles. The summed E-state index contributed by atoms with van der Waals surface area (Å²) in [5, 5.41) is 0. The molecule has 0 aliphatic carbocycles. The summed E-state index contributed by atoms with van der Waals surface area (Å²) in [6, 6.07) is 0. The van der Waals surface area contributed by atoms with Gasteiger partial charge in [-0.25, -0.2) is 0 Å². The van der Waals surface area contributed by atoms with E-state index in [4.69, 9.17) is 0 Å². The van der Waals surface area contributed by atoms with Crippen LogP contribution in [0.5, 0.6) is 0 Å². The molecule has 0 aliphatic rings. The molecule has 0 rings (SSSR count). The molecule has 2 heteroatoms. The Kier molecular flexibility index (Phi) is 867. The summed E-state index contributed by atoms with van der Waals surface area (Å²) >= 11 is 0. The van der Waals surface area contributed by atoms with E-state index in [1.165, 1.54) is 0 Å². The van der Waals surface area contributed by atoms with Gasteiger partial charge in [-0.05, 0) is 0 Å². The number of halogens is 1. The van der Waals surface area contributed by atoms with Gasteiger partial charge in [0, 0.05) is 7.43 Å². The summed E-state index contributed by atoms with van der Waals surface area (Å²) in [4.78, 5) is 0. The number of rotatable bonds is 0. The van der Waals surface area contributed by atoms with Gasteiger partial charge in [-0.1, -0.05) is 0 Å². The smallest absolute Gasteiger partial charge is 1.00 e. The van der Waals surface area contributed by atoms with Crippen LogP contribution in [0, 0.1) is 14.9 Å². The molecule has 0 heterocycles. The predicted octanol–water partition coefficient (Wildman–Crippen LogP) is -2.48. The maximum absolute atomic E-state index is 0. The molecule has 4 heavy (non-hydrogen) atoms. The van der Waals surface area contributed by atoms with Gasteiger partial charge in [0.25, 0.3) is 0 Å². The molecule has 0 fully saturated rings. The third-order valence-electron chi connectivity index (χ3n) is 0. The Balaban J connectivity index is 0. The minimum Gasteiger partial charge on any atom is -1.00 e. The Morgan fingerprint density at radius 3 is 1.00 bits per heavy atom. The van der Waals surface area contributed by atoms with Crippen LogP contribution in [0.15, 0.2) is 0 Å². The van der Waals surface area contributed by atoms with Crippen LogP contribution in [0.3, 0.4) is 0 Å². The van der Waals surface area contributed by atoms with Gasteiger partial charge in [0.15, 0.2) is 0 Å². The van der Waals surface area contributed by atoms with E-state index in [9.17, 15) is 0 Å². The maximum Gasteiger partial charge on any atom is 2.00 e. The van der Waals surface area contributed by atoms with Crippen LogP contribution < -0.4 is 12.4 Å². The first-order valence-corrected chi connectivity index (χ1v) is 0. The molecule has 0 radical (unpaired) electrons. The minimum absolute atomic E-state index is 0. The Hall–Kier alpha value is 0.926. The van der Waals surface area contributed by atoms with E-state index in [0.717, 1.165) is 0 Å². The molecular formula is C2H6ClMg+. The van der Waals surface area contributed by atoms with Crippen molar-refractivity contribution in [3.63, 3.8) is 0 Å². The summed E-state index contributed by atoms with van der Waals surface area (Å²) in [6.07, 6.45) is 0. The zero-order chi connectivity index (χ0) is 0. The van der Waals surface area contributed by atoms with E-state index < -0.39 is 0 Å². The second-order valence-electron chi connectivity index (χ2n) is 0.